The summed E-state index contributed by atoms with van der Waals surface area (Å²) in [7, 11) is 0. The number of anilines is 1. The highest BCUT2D eigenvalue weighted by Crippen LogP contribution is 2.30. The molecule has 0 atom stereocenters. The number of imide groups is 2. The molecule has 1 aliphatic heterocycles. The van der Waals surface area contributed by atoms with Gasteiger partial charge in [0.25, 0.3) is 11.8 Å². The first kappa shape index (κ1) is 21.3. The number of hydrogen-bond donors (Lipinski definition) is 1. The van der Waals surface area contributed by atoms with Crippen LogP contribution in [0.1, 0.15) is 11.1 Å². The van der Waals surface area contributed by atoms with Gasteiger partial charge < -0.3 is 4.74 Å². The fourth-order valence-corrected chi connectivity index (χ4v) is 3.40. The Morgan fingerprint density at radius 3 is 2.50 bits per heavy atom. The molecule has 32 heavy (non-hydrogen) atoms. The van der Waals surface area contributed by atoms with Gasteiger partial charge in [-0.05, 0) is 42.0 Å². The van der Waals surface area contributed by atoms with Gasteiger partial charge in [-0.2, -0.15) is 0 Å². The largest absolute Gasteiger partial charge is 0.488 e. The number of benzene rings is 3. The number of para-hydroxylation sites is 2. The maximum Gasteiger partial charge on any atom is 0.335 e. The molecule has 1 heterocycles. The molecule has 0 aromatic heterocycles. The highest BCUT2D eigenvalue weighted by atomic mass is 35.5. The molecule has 0 aliphatic carbocycles. The molecule has 1 fully saturated rings. The lowest BCUT2D eigenvalue weighted by Crippen LogP contribution is -2.54. The van der Waals surface area contributed by atoms with Crippen molar-refractivity contribution in [2.45, 2.75) is 6.61 Å². The standard InChI is InChI=1S/C24H16ClFN2O4/c25-19-9-2-3-10-20(19)28-23(30)18(22(29)27-24(28)31)13-16-7-1-4-11-21(16)32-14-15-6-5-8-17(26)12-15/h1-13H,14H2,(H,27,29,31)/b18-13+. The minimum atomic E-state index is -0.888. The van der Waals surface area contributed by atoms with Crippen molar-refractivity contribution < 1.29 is 23.5 Å². The van der Waals surface area contributed by atoms with Crippen LogP contribution in [0.5, 0.6) is 5.75 Å². The lowest BCUT2D eigenvalue weighted by Gasteiger charge is -2.27. The Bertz CT molecular complexity index is 1260. The Hall–Kier alpha value is -3.97. The zero-order valence-corrected chi connectivity index (χ0v) is 17.3. The molecule has 4 rings (SSSR count). The van der Waals surface area contributed by atoms with Gasteiger partial charge in [0, 0.05) is 5.56 Å². The first-order valence-corrected chi connectivity index (χ1v) is 9.94. The van der Waals surface area contributed by atoms with Gasteiger partial charge >= 0.3 is 6.03 Å². The molecule has 6 nitrogen and oxygen atoms in total. The van der Waals surface area contributed by atoms with Crippen molar-refractivity contribution in [3.63, 3.8) is 0 Å². The number of halogens is 2. The van der Waals surface area contributed by atoms with Gasteiger partial charge in [0.15, 0.2) is 0 Å². The van der Waals surface area contributed by atoms with Crippen LogP contribution in [0.2, 0.25) is 5.02 Å². The van der Waals surface area contributed by atoms with Crippen molar-refractivity contribution in [2.75, 3.05) is 4.90 Å². The molecule has 4 amide bonds. The molecular formula is C24H16ClFN2O4. The van der Waals surface area contributed by atoms with Crippen molar-refractivity contribution in [1.29, 1.82) is 0 Å². The van der Waals surface area contributed by atoms with Gasteiger partial charge in [-0.1, -0.05) is 54.1 Å². The van der Waals surface area contributed by atoms with Crippen LogP contribution in [-0.4, -0.2) is 17.8 Å². The summed E-state index contributed by atoms with van der Waals surface area (Å²) in [5.41, 5.74) is 0.960. The molecule has 1 aliphatic rings. The maximum atomic E-state index is 13.4. The monoisotopic (exact) mass is 450 g/mol. The molecule has 1 saturated heterocycles. The second kappa shape index (κ2) is 9.03. The minimum absolute atomic E-state index is 0.0856. The van der Waals surface area contributed by atoms with E-state index < -0.39 is 17.8 Å². The quantitative estimate of drug-likeness (QED) is 0.450. The van der Waals surface area contributed by atoms with E-state index >= 15 is 0 Å². The number of nitrogens with one attached hydrogen (secondary N) is 1. The normalized spacial score (nSPS) is 15.1. The Balaban J connectivity index is 1.65. The third-order valence-electron chi connectivity index (χ3n) is 4.70. The predicted octanol–water partition coefficient (Wildman–Crippen LogP) is 4.72. The zero-order chi connectivity index (χ0) is 22.7. The molecule has 0 unspecified atom stereocenters. The summed E-state index contributed by atoms with van der Waals surface area (Å²) in [6, 6.07) is 18.2. The highest BCUT2D eigenvalue weighted by Gasteiger charge is 2.37. The van der Waals surface area contributed by atoms with Crippen molar-refractivity contribution in [3.05, 3.63) is 100 Å². The molecule has 1 N–H and O–H groups in total. The number of rotatable bonds is 5. The summed E-state index contributed by atoms with van der Waals surface area (Å²) in [6.07, 6.45) is 1.34. The predicted molar refractivity (Wildman–Crippen MR) is 118 cm³/mol. The topological polar surface area (TPSA) is 75.7 Å². The van der Waals surface area contributed by atoms with Gasteiger partial charge in [-0.15, -0.1) is 0 Å². The van der Waals surface area contributed by atoms with E-state index in [2.05, 4.69) is 5.32 Å². The summed E-state index contributed by atoms with van der Waals surface area (Å²) in [5, 5.41) is 2.34. The SMILES string of the molecule is O=C1NC(=O)N(c2ccccc2Cl)C(=O)/C1=C/c1ccccc1OCc1cccc(F)c1. The average molecular weight is 451 g/mol. The van der Waals surface area contributed by atoms with Crippen LogP contribution in [0.25, 0.3) is 6.08 Å². The number of carbonyl (C=O) groups excluding carboxylic acids is 3. The number of nitrogens with zero attached hydrogens (tertiary/aromatic N) is 1. The van der Waals surface area contributed by atoms with E-state index in [1.54, 1.807) is 48.5 Å². The zero-order valence-electron chi connectivity index (χ0n) is 16.5. The third-order valence-corrected chi connectivity index (χ3v) is 5.02. The number of carbonyl (C=O) groups is 3. The lowest BCUT2D eigenvalue weighted by molar-refractivity contribution is -0.122. The molecule has 8 heteroatoms. The maximum absolute atomic E-state index is 13.4. The summed E-state index contributed by atoms with van der Waals surface area (Å²) >= 11 is 6.14. The second-order valence-electron chi connectivity index (χ2n) is 6.87. The van der Waals surface area contributed by atoms with Gasteiger partial charge in [-0.3, -0.25) is 14.9 Å². The summed E-state index contributed by atoms with van der Waals surface area (Å²) in [4.78, 5) is 38.7. The molecule has 3 aromatic carbocycles. The van der Waals surface area contributed by atoms with E-state index in [1.165, 1.54) is 30.3 Å². The summed E-state index contributed by atoms with van der Waals surface area (Å²) in [6.45, 7) is 0.0856. The fourth-order valence-electron chi connectivity index (χ4n) is 3.18. The van der Waals surface area contributed by atoms with Gasteiger partial charge in [0.05, 0.1) is 10.7 Å². The number of ether oxygens (including phenoxy) is 1. The summed E-state index contributed by atoms with van der Waals surface area (Å²) in [5.74, 6) is -1.64. The number of barbiturate groups is 1. The average Bonchev–Trinajstić information content (AvgIpc) is 2.77. The molecule has 0 saturated carbocycles. The van der Waals surface area contributed by atoms with Crippen LogP contribution < -0.4 is 15.0 Å². The smallest absolute Gasteiger partial charge is 0.335 e. The Kier molecular flexibility index (Phi) is 6.00. The first-order chi connectivity index (χ1) is 15.4. The van der Waals surface area contributed by atoms with E-state index in [0.29, 0.717) is 16.9 Å². The third kappa shape index (κ3) is 4.38. The Morgan fingerprint density at radius 1 is 0.969 bits per heavy atom. The summed E-state index contributed by atoms with van der Waals surface area (Å²) < 4.78 is 19.2. The van der Waals surface area contributed by atoms with E-state index in [-0.39, 0.29) is 28.7 Å². The Labute approximate surface area is 187 Å². The molecule has 3 aromatic rings. The van der Waals surface area contributed by atoms with Crippen LogP contribution in [0.15, 0.2) is 78.4 Å². The van der Waals surface area contributed by atoms with Crippen molar-refractivity contribution in [2.24, 2.45) is 0 Å². The van der Waals surface area contributed by atoms with E-state index in [9.17, 15) is 18.8 Å². The number of hydrogen-bond acceptors (Lipinski definition) is 4. The number of urea groups is 1. The lowest BCUT2D eigenvalue weighted by atomic mass is 10.1. The molecular weight excluding hydrogens is 435 g/mol. The second-order valence-corrected chi connectivity index (χ2v) is 7.27. The molecule has 0 radical (unpaired) electrons. The highest BCUT2D eigenvalue weighted by molar-refractivity contribution is 6.42. The van der Waals surface area contributed by atoms with Crippen LogP contribution in [0.4, 0.5) is 14.9 Å². The van der Waals surface area contributed by atoms with Gasteiger partial charge in [0.2, 0.25) is 0 Å². The van der Waals surface area contributed by atoms with Gasteiger partial charge in [0.1, 0.15) is 23.7 Å². The fraction of sp³-hybridized carbons (Fsp3) is 0.0417. The molecule has 160 valence electrons. The van der Waals surface area contributed by atoms with Crippen molar-refractivity contribution >= 4 is 41.2 Å². The minimum Gasteiger partial charge on any atom is -0.488 e. The molecule has 0 spiro atoms. The molecule has 0 bridgehead atoms. The van der Waals surface area contributed by atoms with Crippen LogP contribution in [-0.2, 0) is 16.2 Å². The van der Waals surface area contributed by atoms with E-state index in [4.69, 9.17) is 16.3 Å². The number of amides is 4. The first-order valence-electron chi connectivity index (χ1n) is 9.56. The Morgan fingerprint density at radius 2 is 1.72 bits per heavy atom. The van der Waals surface area contributed by atoms with Crippen LogP contribution in [0, 0.1) is 5.82 Å². The van der Waals surface area contributed by atoms with Crippen molar-refractivity contribution in [1.82, 2.24) is 5.32 Å². The van der Waals surface area contributed by atoms with E-state index in [0.717, 1.165) is 4.90 Å². The van der Waals surface area contributed by atoms with Gasteiger partial charge in [-0.25, -0.2) is 14.1 Å². The van der Waals surface area contributed by atoms with Crippen LogP contribution >= 0.6 is 11.6 Å². The van der Waals surface area contributed by atoms with Crippen LogP contribution in [0.3, 0.4) is 0 Å². The van der Waals surface area contributed by atoms with E-state index in [1.807, 2.05) is 0 Å². The van der Waals surface area contributed by atoms with Crippen molar-refractivity contribution in [3.8, 4) is 5.75 Å².